The zero-order valence-corrected chi connectivity index (χ0v) is 16.9. The third-order valence-corrected chi connectivity index (χ3v) is 4.63. The SMILES string of the molecule is COc1ccc2o/c(=N/NC(=O)Nc3ccccc3)c(-c3ccc([N+](=O)[O-])cc3)cc2c1. The minimum Gasteiger partial charge on any atom is -0.497 e. The van der Waals surface area contributed by atoms with Gasteiger partial charge >= 0.3 is 6.03 Å². The standard InChI is InChI=1S/C23H18N4O5/c1-31-19-11-12-21-16(13-19)14-20(15-7-9-18(10-8-15)27(29)30)22(32-21)25-26-23(28)24-17-5-3-2-4-6-17/h2-14H,1H3,(H2,24,26,28)/b25-22+. The van der Waals surface area contributed by atoms with Crippen LogP contribution in [0.5, 0.6) is 5.75 Å². The molecule has 0 bridgehead atoms. The minimum atomic E-state index is -0.545. The first-order valence-corrected chi connectivity index (χ1v) is 9.56. The second kappa shape index (κ2) is 9.00. The van der Waals surface area contributed by atoms with Crippen molar-refractivity contribution in [3.63, 3.8) is 0 Å². The second-order valence-electron chi connectivity index (χ2n) is 6.72. The van der Waals surface area contributed by atoms with Crippen molar-refractivity contribution in [1.82, 2.24) is 5.43 Å². The molecule has 9 heteroatoms. The minimum absolute atomic E-state index is 0.0352. The van der Waals surface area contributed by atoms with E-state index in [0.717, 1.165) is 5.39 Å². The Hall–Kier alpha value is -4.66. The number of para-hydroxylation sites is 1. The molecule has 1 heterocycles. The van der Waals surface area contributed by atoms with Crippen molar-refractivity contribution >= 4 is 28.4 Å². The van der Waals surface area contributed by atoms with Crippen molar-refractivity contribution in [3.05, 3.63) is 94.5 Å². The lowest BCUT2D eigenvalue weighted by Gasteiger charge is -2.07. The monoisotopic (exact) mass is 430 g/mol. The van der Waals surface area contributed by atoms with Crippen molar-refractivity contribution in [1.29, 1.82) is 0 Å². The van der Waals surface area contributed by atoms with Crippen LogP contribution >= 0.6 is 0 Å². The van der Waals surface area contributed by atoms with Gasteiger partial charge in [0.2, 0.25) is 5.55 Å². The van der Waals surface area contributed by atoms with Crippen molar-refractivity contribution in [2.45, 2.75) is 0 Å². The van der Waals surface area contributed by atoms with E-state index in [4.69, 9.17) is 9.15 Å². The van der Waals surface area contributed by atoms with E-state index in [0.29, 0.717) is 28.1 Å². The highest BCUT2D eigenvalue weighted by Gasteiger charge is 2.11. The molecule has 0 spiro atoms. The summed E-state index contributed by atoms with van der Waals surface area (Å²) in [7, 11) is 1.56. The molecule has 1 aromatic heterocycles. The van der Waals surface area contributed by atoms with Crippen molar-refractivity contribution in [2.24, 2.45) is 5.10 Å². The highest BCUT2D eigenvalue weighted by atomic mass is 16.6. The van der Waals surface area contributed by atoms with E-state index in [2.05, 4.69) is 15.8 Å². The van der Waals surface area contributed by atoms with E-state index in [1.54, 1.807) is 61.7 Å². The molecule has 32 heavy (non-hydrogen) atoms. The summed E-state index contributed by atoms with van der Waals surface area (Å²) in [5, 5.41) is 18.5. The van der Waals surface area contributed by atoms with E-state index in [9.17, 15) is 14.9 Å². The molecule has 4 rings (SSSR count). The number of hydrogen-bond donors (Lipinski definition) is 2. The number of carbonyl (C=O) groups excluding carboxylic acids is 1. The largest absolute Gasteiger partial charge is 0.497 e. The molecule has 0 unspecified atom stereocenters. The van der Waals surface area contributed by atoms with Gasteiger partial charge in [-0.2, -0.15) is 0 Å². The summed E-state index contributed by atoms with van der Waals surface area (Å²) in [5.41, 5.74) is 4.84. The van der Waals surface area contributed by atoms with Crippen LogP contribution in [0.15, 0.2) is 88.4 Å². The molecule has 3 aromatic carbocycles. The molecule has 0 aliphatic rings. The zero-order valence-electron chi connectivity index (χ0n) is 16.9. The van der Waals surface area contributed by atoms with Crippen LogP contribution in [-0.4, -0.2) is 18.1 Å². The lowest BCUT2D eigenvalue weighted by atomic mass is 10.1. The fourth-order valence-electron chi connectivity index (χ4n) is 3.07. The van der Waals surface area contributed by atoms with Crippen LogP contribution in [-0.2, 0) is 0 Å². The Bertz CT molecular complexity index is 1350. The van der Waals surface area contributed by atoms with Crippen LogP contribution in [0.4, 0.5) is 16.2 Å². The van der Waals surface area contributed by atoms with E-state index >= 15 is 0 Å². The summed E-state index contributed by atoms with van der Waals surface area (Å²) in [5.74, 6) is 0.646. The number of rotatable bonds is 5. The lowest BCUT2D eigenvalue weighted by molar-refractivity contribution is -0.384. The van der Waals surface area contributed by atoms with Gasteiger partial charge in [0, 0.05) is 28.8 Å². The zero-order chi connectivity index (χ0) is 22.5. The van der Waals surface area contributed by atoms with Gasteiger partial charge in [-0.3, -0.25) is 10.1 Å². The van der Waals surface area contributed by atoms with Crippen molar-refractivity contribution in [3.8, 4) is 16.9 Å². The number of carbonyl (C=O) groups is 1. The molecule has 160 valence electrons. The number of anilines is 1. The maximum absolute atomic E-state index is 12.3. The van der Waals surface area contributed by atoms with Crippen LogP contribution in [0.2, 0.25) is 0 Å². The molecule has 0 atom stereocenters. The first kappa shape index (κ1) is 20.6. The summed E-state index contributed by atoms with van der Waals surface area (Å²) in [6.45, 7) is 0. The number of methoxy groups -OCH3 is 1. The van der Waals surface area contributed by atoms with Gasteiger partial charge in [0.05, 0.1) is 12.0 Å². The molecule has 0 saturated heterocycles. The lowest BCUT2D eigenvalue weighted by Crippen LogP contribution is -2.26. The topological polar surface area (TPSA) is 119 Å². The second-order valence-corrected chi connectivity index (χ2v) is 6.72. The van der Waals surface area contributed by atoms with E-state index in [1.165, 1.54) is 12.1 Å². The normalized spacial score (nSPS) is 11.2. The van der Waals surface area contributed by atoms with Crippen molar-refractivity contribution in [2.75, 3.05) is 12.4 Å². The van der Waals surface area contributed by atoms with E-state index < -0.39 is 11.0 Å². The Morgan fingerprint density at radius 3 is 2.47 bits per heavy atom. The highest BCUT2D eigenvalue weighted by molar-refractivity contribution is 5.89. The molecule has 2 amide bonds. The smallest absolute Gasteiger partial charge is 0.339 e. The first-order valence-electron chi connectivity index (χ1n) is 9.56. The summed E-state index contributed by atoms with van der Waals surface area (Å²) in [6, 6.07) is 21.5. The Kier molecular flexibility index (Phi) is 5.80. The Labute approximate surface area is 182 Å². The van der Waals surface area contributed by atoms with Crippen molar-refractivity contribution < 1.29 is 18.9 Å². The average molecular weight is 430 g/mol. The third-order valence-electron chi connectivity index (χ3n) is 4.63. The molecule has 9 nitrogen and oxygen atoms in total. The Balaban J connectivity index is 1.75. The number of non-ortho nitro benzene ring substituents is 1. The van der Waals surface area contributed by atoms with Gasteiger partial charge < -0.3 is 14.5 Å². The molecule has 2 N–H and O–H groups in total. The molecule has 0 fully saturated rings. The third kappa shape index (κ3) is 4.57. The molecule has 0 aliphatic heterocycles. The summed E-state index contributed by atoms with van der Waals surface area (Å²) in [4.78, 5) is 22.8. The number of nitro groups is 1. The highest BCUT2D eigenvalue weighted by Crippen LogP contribution is 2.25. The molecular weight excluding hydrogens is 412 g/mol. The fourth-order valence-corrected chi connectivity index (χ4v) is 3.07. The van der Waals surface area contributed by atoms with Gasteiger partial charge in [-0.1, -0.05) is 18.2 Å². The predicted molar refractivity (Wildman–Crippen MR) is 119 cm³/mol. The number of ether oxygens (including phenoxy) is 1. The number of nitro benzene ring substituents is 1. The number of amides is 2. The number of hydrogen-bond acceptors (Lipinski definition) is 6. The Morgan fingerprint density at radius 2 is 1.78 bits per heavy atom. The van der Waals surface area contributed by atoms with Gasteiger partial charge in [0.25, 0.3) is 5.69 Å². The van der Waals surface area contributed by atoms with Crippen LogP contribution in [0.3, 0.4) is 0 Å². The van der Waals surface area contributed by atoms with E-state index in [1.807, 2.05) is 12.1 Å². The quantitative estimate of drug-likeness (QED) is 0.353. The molecular formula is C23H18N4O5. The number of benzene rings is 3. The van der Waals surface area contributed by atoms with Crippen LogP contribution in [0.25, 0.3) is 22.1 Å². The first-order chi connectivity index (χ1) is 15.5. The molecule has 4 aromatic rings. The van der Waals surface area contributed by atoms with Gasteiger partial charge in [-0.25, -0.2) is 10.2 Å². The maximum atomic E-state index is 12.3. The Morgan fingerprint density at radius 1 is 1.03 bits per heavy atom. The van der Waals surface area contributed by atoms with Gasteiger partial charge in [-0.15, -0.1) is 5.10 Å². The van der Waals surface area contributed by atoms with Crippen LogP contribution < -0.4 is 21.0 Å². The molecule has 0 radical (unpaired) electrons. The molecule has 0 saturated carbocycles. The van der Waals surface area contributed by atoms with Crippen LogP contribution in [0.1, 0.15) is 0 Å². The number of nitrogens with zero attached hydrogens (tertiary/aromatic N) is 2. The summed E-state index contributed by atoms with van der Waals surface area (Å²) >= 11 is 0. The number of fused-ring (bicyclic) bond motifs is 1. The average Bonchev–Trinajstić information content (AvgIpc) is 2.82. The van der Waals surface area contributed by atoms with E-state index in [-0.39, 0.29) is 11.2 Å². The summed E-state index contributed by atoms with van der Waals surface area (Å²) in [6.07, 6.45) is 0. The van der Waals surface area contributed by atoms with Gasteiger partial charge in [0.1, 0.15) is 11.3 Å². The van der Waals surface area contributed by atoms with Gasteiger partial charge in [0.15, 0.2) is 0 Å². The fraction of sp³-hybridized carbons (Fsp3) is 0.0435. The van der Waals surface area contributed by atoms with Gasteiger partial charge in [-0.05, 0) is 54.1 Å². The molecule has 0 aliphatic carbocycles. The summed E-state index contributed by atoms with van der Waals surface area (Å²) < 4.78 is 11.2. The van der Waals surface area contributed by atoms with Crippen LogP contribution in [0, 0.1) is 10.1 Å². The maximum Gasteiger partial charge on any atom is 0.339 e. The predicted octanol–water partition coefficient (Wildman–Crippen LogP) is 4.65. The number of nitrogens with one attached hydrogen (secondary N) is 2. The number of urea groups is 1.